The lowest BCUT2D eigenvalue weighted by Crippen LogP contribution is -2.43. The van der Waals surface area contributed by atoms with Crippen LogP contribution in [-0.2, 0) is 0 Å². The number of nitrogens with zero attached hydrogens (tertiary/aromatic N) is 2. The molecule has 4 nitrogen and oxygen atoms in total. The minimum Gasteiger partial charge on any atom is -0.508 e. The Balaban J connectivity index is 2.46. The van der Waals surface area contributed by atoms with Crippen LogP contribution in [0.3, 0.4) is 0 Å². The number of rotatable bonds is 2. The third-order valence-corrected chi connectivity index (χ3v) is 3.88. The first-order chi connectivity index (χ1) is 8.37. The molecule has 0 bridgehead atoms. The highest BCUT2D eigenvalue weighted by atomic mass is 79.9. The van der Waals surface area contributed by atoms with Gasteiger partial charge in [-0.15, -0.1) is 0 Å². The number of halogens is 1. The lowest BCUT2D eigenvalue weighted by molar-refractivity contribution is -0.160. The summed E-state index contributed by atoms with van der Waals surface area (Å²) in [4.78, 5) is 4.52. The van der Waals surface area contributed by atoms with E-state index >= 15 is 0 Å². The molecule has 1 atom stereocenters. The van der Waals surface area contributed by atoms with Gasteiger partial charge in [-0.3, -0.25) is 4.99 Å². The fraction of sp³-hybridized carbons (Fsp3) is 0.462. The number of aromatic hydroxyl groups is 1. The molecule has 98 valence electrons. The van der Waals surface area contributed by atoms with E-state index in [0.29, 0.717) is 5.56 Å². The largest absolute Gasteiger partial charge is 0.508 e. The zero-order valence-corrected chi connectivity index (χ0v) is 12.3. The summed E-state index contributed by atoms with van der Waals surface area (Å²) < 4.78 is 0.849. The molecule has 2 N–H and O–H groups in total. The van der Waals surface area contributed by atoms with Gasteiger partial charge in [-0.05, 0) is 38.5 Å². The summed E-state index contributed by atoms with van der Waals surface area (Å²) in [6.07, 6.45) is 0.224. The molecule has 1 aromatic carbocycles. The average molecular weight is 313 g/mol. The van der Waals surface area contributed by atoms with Gasteiger partial charge in [0.25, 0.3) is 0 Å². The molecule has 1 aliphatic heterocycles. The topological polar surface area (TPSA) is 56.1 Å². The van der Waals surface area contributed by atoms with Crippen molar-refractivity contribution in [1.82, 2.24) is 5.06 Å². The smallest absolute Gasteiger partial charge is 0.154 e. The maximum atomic E-state index is 10.3. The molecule has 2 rings (SSSR count). The lowest BCUT2D eigenvalue weighted by Gasteiger charge is -2.30. The van der Waals surface area contributed by atoms with Crippen molar-refractivity contribution in [1.29, 1.82) is 0 Å². The standard InChI is InChI=1S/C13H17BrN2O2/c1-4-11-13(2,3)16(18)12(15-11)9-7-8(14)5-6-10(9)17/h5-7,12,17-18H,4H2,1-3H3/t12-/m1/s1. The third kappa shape index (κ3) is 2.06. The van der Waals surface area contributed by atoms with Gasteiger partial charge in [0.2, 0.25) is 0 Å². The molecule has 0 radical (unpaired) electrons. The lowest BCUT2D eigenvalue weighted by atomic mass is 9.97. The molecule has 1 aromatic rings. The van der Waals surface area contributed by atoms with E-state index in [1.807, 2.05) is 20.8 Å². The van der Waals surface area contributed by atoms with Gasteiger partial charge >= 0.3 is 0 Å². The molecule has 1 heterocycles. The normalized spacial score (nSPS) is 23.2. The molecule has 0 saturated heterocycles. The van der Waals surface area contributed by atoms with Crippen LogP contribution in [0, 0.1) is 0 Å². The first-order valence-corrected chi connectivity index (χ1v) is 6.71. The quantitative estimate of drug-likeness (QED) is 0.879. The van der Waals surface area contributed by atoms with Crippen molar-refractivity contribution in [2.45, 2.75) is 38.9 Å². The van der Waals surface area contributed by atoms with E-state index in [1.54, 1.807) is 18.2 Å². The molecule has 0 aromatic heterocycles. The molecule has 18 heavy (non-hydrogen) atoms. The van der Waals surface area contributed by atoms with Gasteiger partial charge in [0, 0.05) is 15.7 Å². The molecule has 1 aliphatic rings. The highest BCUT2D eigenvalue weighted by Gasteiger charge is 2.42. The van der Waals surface area contributed by atoms with Crippen LogP contribution in [0.4, 0.5) is 0 Å². The monoisotopic (exact) mass is 312 g/mol. The van der Waals surface area contributed by atoms with E-state index in [-0.39, 0.29) is 5.75 Å². The highest BCUT2D eigenvalue weighted by Crippen LogP contribution is 2.40. The summed E-state index contributed by atoms with van der Waals surface area (Å²) >= 11 is 3.36. The Morgan fingerprint density at radius 3 is 2.67 bits per heavy atom. The number of hydrogen-bond donors (Lipinski definition) is 2. The Morgan fingerprint density at radius 2 is 2.11 bits per heavy atom. The molecule has 0 spiro atoms. The Hall–Kier alpha value is -0.910. The van der Waals surface area contributed by atoms with Gasteiger partial charge in [0.1, 0.15) is 5.75 Å². The van der Waals surface area contributed by atoms with Crippen LogP contribution in [0.2, 0.25) is 0 Å². The summed E-state index contributed by atoms with van der Waals surface area (Å²) in [5, 5.41) is 21.4. The van der Waals surface area contributed by atoms with Gasteiger partial charge in [-0.2, -0.15) is 5.06 Å². The summed E-state index contributed by atoms with van der Waals surface area (Å²) in [5.74, 6) is 0.138. The van der Waals surface area contributed by atoms with Crippen LogP contribution < -0.4 is 0 Å². The first kappa shape index (κ1) is 13.5. The van der Waals surface area contributed by atoms with Crippen molar-refractivity contribution in [3.63, 3.8) is 0 Å². The number of benzene rings is 1. The maximum absolute atomic E-state index is 10.3. The second kappa shape index (κ2) is 4.64. The fourth-order valence-electron chi connectivity index (χ4n) is 2.26. The zero-order valence-electron chi connectivity index (χ0n) is 10.7. The van der Waals surface area contributed by atoms with E-state index in [4.69, 9.17) is 0 Å². The molecular weight excluding hydrogens is 296 g/mol. The number of phenolic OH excluding ortho intramolecular Hbond substituents is 1. The van der Waals surface area contributed by atoms with Gasteiger partial charge in [-0.1, -0.05) is 22.9 Å². The number of phenols is 1. The molecule has 0 amide bonds. The minimum absolute atomic E-state index is 0.138. The summed E-state index contributed by atoms with van der Waals surface area (Å²) in [6, 6.07) is 5.13. The van der Waals surface area contributed by atoms with E-state index in [0.717, 1.165) is 16.6 Å². The second-order valence-electron chi connectivity index (χ2n) is 4.91. The summed E-state index contributed by atoms with van der Waals surface area (Å²) in [7, 11) is 0. The Morgan fingerprint density at radius 1 is 1.44 bits per heavy atom. The van der Waals surface area contributed by atoms with Crippen LogP contribution in [-0.4, -0.2) is 26.6 Å². The molecule has 0 fully saturated rings. The minimum atomic E-state index is -0.549. The van der Waals surface area contributed by atoms with Crippen LogP contribution in [0.25, 0.3) is 0 Å². The maximum Gasteiger partial charge on any atom is 0.154 e. The zero-order chi connectivity index (χ0) is 13.5. The van der Waals surface area contributed by atoms with E-state index in [1.165, 1.54) is 5.06 Å². The number of aliphatic imine (C=N–C) groups is 1. The summed E-state index contributed by atoms with van der Waals surface area (Å²) in [5.41, 5.74) is 1.02. The van der Waals surface area contributed by atoms with Gasteiger partial charge in [0.05, 0.1) is 5.54 Å². The number of hydrogen-bond acceptors (Lipinski definition) is 4. The second-order valence-corrected chi connectivity index (χ2v) is 5.83. The molecule has 0 saturated carbocycles. The molecule has 0 aliphatic carbocycles. The molecule has 5 heteroatoms. The SMILES string of the molecule is CCC1=N[C@@H](c2cc(Br)ccc2O)N(O)C1(C)C. The van der Waals surface area contributed by atoms with E-state index < -0.39 is 11.7 Å². The Labute approximate surface area is 115 Å². The average Bonchev–Trinajstić information content (AvgIpc) is 2.54. The van der Waals surface area contributed by atoms with Crippen molar-refractivity contribution < 1.29 is 10.3 Å². The highest BCUT2D eigenvalue weighted by molar-refractivity contribution is 9.10. The van der Waals surface area contributed by atoms with E-state index in [9.17, 15) is 10.3 Å². The van der Waals surface area contributed by atoms with Gasteiger partial charge in [0.15, 0.2) is 6.17 Å². The summed E-state index contributed by atoms with van der Waals surface area (Å²) in [6.45, 7) is 5.85. The fourth-order valence-corrected chi connectivity index (χ4v) is 2.63. The van der Waals surface area contributed by atoms with Crippen molar-refractivity contribution >= 4 is 21.6 Å². The van der Waals surface area contributed by atoms with Crippen molar-refractivity contribution in [2.75, 3.05) is 0 Å². The molecule has 0 unspecified atom stereocenters. The van der Waals surface area contributed by atoms with Crippen LogP contribution in [0.15, 0.2) is 27.7 Å². The van der Waals surface area contributed by atoms with Gasteiger partial charge in [-0.25, -0.2) is 0 Å². The van der Waals surface area contributed by atoms with Gasteiger partial charge < -0.3 is 10.3 Å². The van der Waals surface area contributed by atoms with Crippen molar-refractivity contribution in [3.05, 3.63) is 28.2 Å². The van der Waals surface area contributed by atoms with Crippen LogP contribution >= 0.6 is 15.9 Å². The van der Waals surface area contributed by atoms with E-state index in [2.05, 4.69) is 20.9 Å². The van der Waals surface area contributed by atoms with Crippen molar-refractivity contribution in [2.24, 2.45) is 4.99 Å². The van der Waals surface area contributed by atoms with Crippen LogP contribution in [0.5, 0.6) is 5.75 Å². The Bertz CT molecular complexity index is 500. The predicted octanol–water partition coefficient (Wildman–Crippen LogP) is 3.49. The van der Waals surface area contributed by atoms with Crippen LogP contribution in [0.1, 0.15) is 38.9 Å². The number of hydroxylamine groups is 2. The molecular formula is C13H17BrN2O2. The third-order valence-electron chi connectivity index (χ3n) is 3.39. The first-order valence-electron chi connectivity index (χ1n) is 5.91. The Kier molecular flexibility index (Phi) is 3.49. The predicted molar refractivity (Wildman–Crippen MR) is 74.0 cm³/mol. The van der Waals surface area contributed by atoms with Crippen molar-refractivity contribution in [3.8, 4) is 5.75 Å².